The molecule has 0 spiro atoms. The maximum Gasteiger partial charge on any atom is 0.128 e. The molecule has 0 bridgehead atoms. The Morgan fingerprint density at radius 3 is 2.75 bits per heavy atom. The van der Waals surface area contributed by atoms with E-state index in [9.17, 15) is 0 Å². The van der Waals surface area contributed by atoms with Gasteiger partial charge in [0.05, 0.1) is 11.3 Å². The lowest BCUT2D eigenvalue weighted by Crippen LogP contribution is -1.97. The highest BCUT2D eigenvalue weighted by Gasteiger charge is 2.04. The molecule has 0 aromatic carbocycles. The first-order chi connectivity index (χ1) is 7.69. The smallest absolute Gasteiger partial charge is 0.128 e. The van der Waals surface area contributed by atoms with Gasteiger partial charge in [-0.2, -0.15) is 5.26 Å². The summed E-state index contributed by atoms with van der Waals surface area (Å²) >= 11 is 0. The Morgan fingerprint density at radius 1 is 1.25 bits per heavy atom. The molecule has 0 atom stereocenters. The van der Waals surface area contributed by atoms with Crippen molar-refractivity contribution >= 4 is 5.82 Å². The van der Waals surface area contributed by atoms with Gasteiger partial charge < -0.3 is 5.73 Å². The van der Waals surface area contributed by atoms with E-state index in [0.717, 1.165) is 5.56 Å². The predicted octanol–water partition coefficient (Wildman–Crippen LogP) is 1.30. The van der Waals surface area contributed by atoms with Crippen molar-refractivity contribution in [2.24, 2.45) is 0 Å². The van der Waals surface area contributed by atoms with Crippen molar-refractivity contribution in [1.82, 2.24) is 15.0 Å². The Balaban J connectivity index is 2.54. The van der Waals surface area contributed by atoms with Crippen LogP contribution in [-0.2, 0) is 0 Å². The van der Waals surface area contributed by atoms with Gasteiger partial charge in [-0.15, -0.1) is 0 Å². The lowest BCUT2D eigenvalue weighted by molar-refractivity contribution is 1.06. The maximum absolute atomic E-state index is 8.77. The quantitative estimate of drug-likeness (QED) is 0.768. The van der Waals surface area contributed by atoms with Crippen molar-refractivity contribution in [3.8, 4) is 17.3 Å². The molecule has 2 rings (SSSR count). The van der Waals surface area contributed by atoms with Gasteiger partial charge in [-0.1, -0.05) is 0 Å². The normalized spacial score (nSPS) is 9.75. The number of pyridine rings is 1. The van der Waals surface area contributed by atoms with E-state index in [1.807, 2.05) is 6.07 Å². The number of nitriles is 1. The molecule has 2 aromatic heterocycles. The fraction of sp³-hybridized carbons (Fsp3) is 0.0909. The van der Waals surface area contributed by atoms with Gasteiger partial charge >= 0.3 is 0 Å². The Bertz CT molecular complexity index is 551. The number of anilines is 1. The molecule has 0 aliphatic carbocycles. The molecule has 0 saturated heterocycles. The summed E-state index contributed by atoms with van der Waals surface area (Å²) in [6, 6.07) is 5.40. The third kappa shape index (κ3) is 1.96. The van der Waals surface area contributed by atoms with E-state index in [0.29, 0.717) is 22.9 Å². The van der Waals surface area contributed by atoms with Crippen LogP contribution in [0.3, 0.4) is 0 Å². The highest BCUT2D eigenvalue weighted by molar-refractivity contribution is 5.62. The fourth-order valence-corrected chi connectivity index (χ4v) is 1.38. The summed E-state index contributed by atoms with van der Waals surface area (Å²) in [5, 5.41) is 8.77. The van der Waals surface area contributed by atoms with Crippen molar-refractivity contribution in [3.05, 3.63) is 35.9 Å². The van der Waals surface area contributed by atoms with Crippen LogP contribution in [0.5, 0.6) is 0 Å². The summed E-state index contributed by atoms with van der Waals surface area (Å²) in [7, 11) is 0. The van der Waals surface area contributed by atoms with Crippen molar-refractivity contribution in [2.45, 2.75) is 6.92 Å². The Morgan fingerprint density at radius 2 is 2.06 bits per heavy atom. The van der Waals surface area contributed by atoms with Gasteiger partial charge in [0.15, 0.2) is 0 Å². The van der Waals surface area contributed by atoms with Crippen LogP contribution in [0.1, 0.15) is 11.4 Å². The fourth-order valence-electron chi connectivity index (χ4n) is 1.38. The second-order valence-electron chi connectivity index (χ2n) is 3.30. The monoisotopic (exact) mass is 211 g/mol. The van der Waals surface area contributed by atoms with Crippen LogP contribution in [0.15, 0.2) is 24.5 Å². The molecule has 0 radical (unpaired) electrons. The summed E-state index contributed by atoms with van der Waals surface area (Å²) in [5.41, 5.74) is 7.56. The van der Waals surface area contributed by atoms with Gasteiger partial charge in [-0.25, -0.2) is 9.97 Å². The van der Waals surface area contributed by atoms with Crippen LogP contribution >= 0.6 is 0 Å². The number of rotatable bonds is 1. The van der Waals surface area contributed by atoms with E-state index < -0.39 is 0 Å². The lowest BCUT2D eigenvalue weighted by Gasteiger charge is -2.02. The molecule has 0 unspecified atom stereocenters. The number of hydrogen-bond donors (Lipinski definition) is 1. The van der Waals surface area contributed by atoms with Crippen molar-refractivity contribution in [3.63, 3.8) is 0 Å². The number of hydrogen-bond acceptors (Lipinski definition) is 5. The topological polar surface area (TPSA) is 88.5 Å². The molecule has 2 heterocycles. The number of aromatic nitrogens is 3. The second-order valence-corrected chi connectivity index (χ2v) is 3.30. The Kier molecular flexibility index (Phi) is 2.48. The molecular weight excluding hydrogens is 202 g/mol. The standard InChI is InChI=1S/C11H9N5/c1-7-15-10(3-11(13)16-7)9-2-8(4-12)5-14-6-9/h2-3,5-6H,1H3,(H2,13,15,16). The molecule has 16 heavy (non-hydrogen) atoms. The second kappa shape index (κ2) is 3.95. The van der Waals surface area contributed by atoms with Gasteiger partial charge in [0, 0.05) is 24.0 Å². The molecule has 0 amide bonds. The summed E-state index contributed by atoms with van der Waals surface area (Å²) in [4.78, 5) is 12.2. The van der Waals surface area contributed by atoms with Gasteiger partial charge in [0.2, 0.25) is 0 Å². The van der Waals surface area contributed by atoms with Crippen LogP contribution in [0.4, 0.5) is 5.82 Å². The van der Waals surface area contributed by atoms with Gasteiger partial charge in [-0.3, -0.25) is 4.98 Å². The Hall–Kier alpha value is -2.48. The first-order valence-corrected chi connectivity index (χ1v) is 4.66. The molecule has 5 heteroatoms. The van der Waals surface area contributed by atoms with E-state index in [2.05, 4.69) is 15.0 Å². The van der Waals surface area contributed by atoms with Crippen molar-refractivity contribution < 1.29 is 0 Å². The van der Waals surface area contributed by atoms with E-state index >= 15 is 0 Å². The van der Waals surface area contributed by atoms with Gasteiger partial charge in [-0.05, 0) is 13.0 Å². The summed E-state index contributed by atoms with van der Waals surface area (Å²) in [6.45, 7) is 1.77. The van der Waals surface area contributed by atoms with E-state index in [1.165, 1.54) is 6.20 Å². The lowest BCUT2D eigenvalue weighted by atomic mass is 10.1. The number of nitrogen functional groups attached to an aromatic ring is 1. The van der Waals surface area contributed by atoms with Crippen LogP contribution < -0.4 is 5.73 Å². The largest absolute Gasteiger partial charge is 0.384 e. The Labute approximate surface area is 92.6 Å². The zero-order valence-electron chi connectivity index (χ0n) is 8.68. The van der Waals surface area contributed by atoms with E-state index in [4.69, 9.17) is 11.0 Å². The number of nitrogens with zero attached hydrogens (tertiary/aromatic N) is 4. The average molecular weight is 211 g/mol. The molecular formula is C11H9N5. The molecule has 0 fully saturated rings. The molecule has 0 saturated carbocycles. The van der Waals surface area contributed by atoms with Crippen molar-refractivity contribution in [1.29, 1.82) is 5.26 Å². The van der Waals surface area contributed by atoms with Crippen LogP contribution in [-0.4, -0.2) is 15.0 Å². The molecule has 2 aromatic rings. The zero-order chi connectivity index (χ0) is 11.5. The number of aryl methyl sites for hydroxylation is 1. The maximum atomic E-state index is 8.77. The van der Waals surface area contributed by atoms with Crippen molar-refractivity contribution in [2.75, 3.05) is 5.73 Å². The summed E-state index contributed by atoms with van der Waals surface area (Å²) in [6.07, 6.45) is 3.14. The van der Waals surface area contributed by atoms with Gasteiger partial charge in [0.1, 0.15) is 17.7 Å². The molecule has 0 aliphatic rings. The zero-order valence-corrected chi connectivity index (χ0v) is 8.68. The van der Waals surface area contributed by atoms with Crippen LogP contribution in [0, 0.1) is 18.3 Å². The first kappa shape index (κ1) is 10.1. The van der Waals surface area contributed by atoms with Gasteiger partial charge in [0.25, 0.3) is 0 Å². The third-order valence-corrected chi connectivity index (χ3v) is 2.02. The molecule has 2 N–H and O–H groups in total. The molecule has 0 aliphatic heterocycles. The van der Waals surface area contributed by atoms with E-state index in [1.54, 1.807) is 25.3 Å². The highest BCUT2D eigenvalue weighted by Crippen LogP contribution is 2.18. The number of nitrogens with two attached hydrogens (primary N) is 1. The predicted molar refractivity (Wildman–Crippen MR) is 59.1 cm³/mol. The minimum Gasteiger partial charge on any atom is -0.384 e. The summed E-state index contributed by atoms with van der Waals surface area (Å²) < 4.78 is 0. The SMILES string of the molecule is Cc1nc(N)cc(-c2cncc(C#N)c2)n1. The highest BCUT2D eigenvalue weighted by atomic mass is 14.9. The average Bonchev–Trinajstić information content (AvgIpc) is 2.28. The first-order valence-electron chi connectivity index (χ1n) is 4.66. The molecule has 5 nitrogen and oxygen atoms in total. The minimum absolute atomic E-state index is 0.407. The van der Waals surface area contributed by atoms with Crippen LogP contribution in [0.25, 0.3) is 11.3 Å². The van der Waals surface area contributed by atoms with E-state index in [-0.39, 0.29) is 0 Å². The summed E-state index contributed by atoms with van der Waals surface area (Å²) in [5.74, 6) is 1.00. The molecule has 78 valence electrons. The third-order valence-electron chi connectivity index (χ3n) is 2.02. The minimum atomic E-state index is 0.407. The van der Waals surface area contributed by atoms with Crippen LogP contribution in [0.2, 0.25) is 0 Å².